The van der Waals surface area contributed by atoms with Crippen LogP contribution in [-0.2, 0) is 6.42 Å². The summed E-state index contributed by atoms with van der Waals surface area (Å²) in [5.41, 5.74) is 2.56. The maximum atomic E-state index is 6.32. The molecular formula is C21H28N4O2. The number of aromatic nitrogens is 2. The van der Waals surface area contributed by atoms with Crippen molar-refractivity contribution in [3.05, 3.63) is 41.7 Å². The molecule has 1 aromatic carbocycles. The molecule has 0 aliphatic carbocycles. The Morgan fingerprint density at radius 1 is 1.07 bits per heavy atom. The average Bonchev–Trinajstić information content (AvgIpc) is 3.00. The Bertz CT molecular complexity index is 768. The van der Waals surface area contributed by atoms with Gasteiger partial charge in [0.25, 0.3) is 0 Å². The van der Waals surface area contributed by atoms with Gasteiger partial charge in [-0.05, 0) is 44.4 Å². The summed E-state index contributed by atoms with van der Waals surface area (Å²) >= 11 is 0. The van der Waals surface area contributed by atoms with Crippen LogP contribution in [0.5, 0.6) is 11.5 Å². The van der Waals surface area contributed by atoms with E-state index in [0.717, 1.165) is 50.4 Å². The Labute approximate surface area is 160 Å². The van der Waals surface area contributed by atoms with Crippen molar-refractivity contribution in [2.24, 2.45) is 0 Å². The van der Waals surface area contributed by atoms with Crippen molar-refractivity contribution >= 4 is 5.95 Å². The third kappa shape index (κ3) is 4.00. The van der Waals surface area contributed by atoms with Crippen LogP contribution in [0.3, 0.4) is 0 Å². The van der Waals surface area contributed by atoms with E-state index in [-0.39, 0.29) is 12.2 Å². The van der Waals surface area contributed by atoms with Gasteiger partial charge in [0.1, 0.15) is 12.2 Å². The molecular weight excluding hydrogens is 340 g/mol. The molecule has 27 heavy (non-hydrogen) atoms. The Morgan fingerprint density at radius 2 is 1.93 bits per heavy atom. The zero-order valence-electron chi connectivity index (χ0n) is 16.1. The van der Waals surface area contributed by atoms with Crippen molar-refractivity contribution in [1.82, 2.24) is 15.3 Å². The van der Waals surface area contributed by atoms with Gasteiger partial charge >= 0.3 is 0 Å². The number of nitrogens with one attached hydrogen (secondary N) is 2. The van der Waals surface area contributed by atoms with Gasteiger partial charge in [0.2, 0.25) is 5.95 Å². The van der Waals surface area contributed by atoms with Gasteiger partial charge in [-0.25, -0.2) is 9.97 Å². The number of aryl methyl sites for hydroxylation is 1. The van der Waals surface area contributed by atoms with Crippen molar-refractivity contribution < 1.29 is 9.47 Å². The highest BCUT2D eigenvalue weighted by Gasteiger charge is 2.33. The van der Waals surface area contributed by atoms with Gasteiger partial charge in [-0.2, -0.15) is 0 Å². The largest absolute Gasteiger partial charge is 0.486 e. The molecule has 0 spiro atoms. The Morgan fingerprint density at radius 3 is 2.78 bits per heavy atom. The molecule has 1 aromatic heterocycles. The summed E-state index contributed by atoms with van der Waals surface area (Å²) in [5, 5.41) is 6.73. The maximum Gasteiger partial charge on any atom is 0.222 e. The normalized spacial score (nSPS) is 23.1. The summed E-state index contributed by atoms with van der Waals surface area (Å²) in [5.74, 6) is 3.06. The SMILES string of the molecule is CC1Oc2c(ccc3c2OC(CNCCCNc2ncccn2)CC3)C1C. The predicted octanol–water partition coefficient (Wildman–Crippen LogP) is 3.15. The molecule has 0 saturated heterocycles. The molecule has 0 saturated carbocycles. The van der Waals surface area contributed by atoms with Crippen LogP contribution in [0.25, 0.3) is 0 Å². The molecule has 144 valence electrons. The number of anilines is 1. The lowest BCUT2D eigenvalue weighted by atomic mass is 9.94. The highest BCUT2D eigenvalue weighted by Crippen LogP contribution is 2.47. The summed E-state index contributed by atoms with van der Waals surface area (Å²) in [6.45, 7) is 7.00. The lowest BCUT2D eigenvalue weighted by Gasteiger charge is -2.27. The second-order valence-corrected chi connectivity index (χ2v) is 7.42. The van der Waals surface area contributed by atoms with E-state index in [1.807, 2.05) is 6.07 Å². The van der Waals surface area contributed by atoms with Crippen molar-refractivity contribution in [3.63, 3.8) is 0 Å². The van der Waals surface area contributed by atoms with Gasteiger partial charge in [-0.15, -0.1) is 0 Å². The molecule has 6 nitrogen and oxygen atoms in total. The molecule has 2 aromatic rings. The number of hydrogen-bond acceptors (Lipinski definition) is 6. The molecule has 3 unspecified atom stereocenters. The molecule has 0 amide bonds. The topological polar surface area (TPSA) is 68.3 Å². The van der Waals surface area contributed by atoms with E-state index in [0.29, 0.717) is 11.9 Å². The lowest BCUT2D eigenvalue weighted by Crippen LogP contribution is -2.35. The first-order chi connectivity index (χ1) is 13.2. The summed E-state index contributed by atoms with van der Waals surface area (Å²) in [6.07, 6.45) is 7.00. The highest BCUT2D eigenvalue weighted by atomic mass is 16.5. The number of hydrogen-bond donors (Lipinski definition) is 2. The third-order valence-electron chi connectivity index (χ3n) is 5.49. The number of rotatable bonds is 7. The van der Waals surface area contributed by atoms with Gasteiger partial charge in [-0.3, -0.25) is 0 Å². The molecule has 0 radical (unpaired) electrons. The first-order valence-electron chi connectivity index (χ1n) is 9.93. The van der Waals surface area contributed by atoms with Crippen molar-refractivity contribution in [2.45, 2.75) is 51.2 Å². The van der Waals surface area contributed by atoms with Crippen LogP contribution < -0.4 is 20.1 Å². The van der Waals surface area contributed by atoms with Crippen molar-refractivity contribution in [3.8, 4) is 11.5 Å². The molecule has 0 fully saturated rings. The smallest absolute Gasteiger partial charge is 0.222 e. The molecule has 2 N–H and O–H groups in total. The van der Waals surface area contributed by atoms with Crippen LogP contribution in [0, 0.1) is 0 Å². The van der Waals surface area contributed by atoms with Crippen molar-refractivity contribution in [2.75, 3.05) is 25.0 Å². The minimum Gasteiger partial charge on any atom is -0.486 e. The first kappa shape index (κ1) is 18.0. The standard InChI is InChI=1S/C21H28N4O2/c1-14-15(2)26-20-18(14)8-6-16-5-7-17(27-19(16)20)13-22-9-3-10-23-21-24-11-4-12-25-21/h4,6,8,11-12,14-15,17,22H,3,5,7,9-10,13H2,1-2H3,(H,23,24,25). The molecule has 3 atom stereocenters. The fourth-order valence-corrected chi connectivity index (χ4v) is 3.72. The summed E-state index contributed by atoms with van der Waals surface area (Å²) in [6, 6.07) is 6.25. The van der Waals surface area contributed by atoms with Gasteiger partial charge in [0.05, 0.1) is 0 Å². The zero-order valence-corrected chi connectivity index (χ0v) is 16.1. The fraction of sp³-hybridized carbons (Fsp3) is 0.524. The minimum absolute atomic E-state index is 0.198. The monoisotopic (exact) mass is 368 g/mol. The summed E-state index contributed by atoms with van der Waals surface area (Å²) < 4.78 is 12.4. The van der Waals surface area contributed by atoms with E-state index >= 15 is 0 Å². The van der Waals surface area contributed by atoms with E-state index < -0.39 is 0 Å². The zero-order chi connectivity index (χ0) is 18.6. The average molecular weight is 368 g/mol. The van der Waals surface area contributed by atoms with E-state index in [1.165, 1.54) is 11.1 Å². The van der Waals surface area contributed by atoms with E-state index in [4.69, 9.17) is 9.47 Å². The van der Waals surface area contributed by atoms with Gasteiger partial charge < -0.3 is 20.1 Å². The van der Waals surface area contributed by atoms with Gasteiger partial charge in [0, 0.05) is 37.0 Å². The van der Waals surface area contributed by atoms with Crippen molar-refractivity contribution in [1.29, 1.82) is 0 Å². The summed E-state index contributed by atoms with van der Waals surface area (Å²) in [7, 11) is 0. The Hall–Kier alpha value is -2.34. The first-order valence-corrected chi connectivity index (χ1v) is 9.93. The van der Waals surface area contributed by atoms with E-state index in [9.17, 15) is 0 Å². The van der Waals surface area contributed by atoms with Crippen LogP contribution in [0.4, 0.5) is 5.95 Å². The van der Waals surface area contributed by atoms with E-state index in [2.05, 4.69) is 46.6 Å². The molecule has 0 bridgehead atoms. The van der Waals surface area contributed by atoms with E-state index in [1.54, 1.807) is 12.4 Å². The number of nitrogens with zero attached hydrogens (tertiary/aromatic N) is 2. The Kier molecular flexibility index (Phi) is 5.43. The quantitative estimate of drug-likeness (QED) is 0.732. The number of ether oxygens (including phenoxy) is 2. The van der Waals surface area contributed by atoms with Crippen LogP contribution in [-0.4, -0.2) is 41.8 Å². The summed E-state index contributed by atoms with van der Waals surface area (Å²) in [4.78, 5) is 8.31. The molecule has 6 heteroatoms. The Balaban J connectivity index is 1.23. The fourth-order valence-electron chi connectivity index (χ4n) is 3.72. The van der Waals surface area contributed by atoms with Crippen LogP contribution >= 0.6 is 0 Å². The molecule has 2 aliphatic rings. The highest BCUT2D eigenvalue weighted by molar-refractivity contribution is 5.56. The van der Waals surface area contributed by atoms with Gasteiger partial charge in [0.15, 0.2) is 11.5 Å². The van der Waals surface area contributed by atoms with Gasteiger partial charge in [-0.1, -0.05) is 19.1 Å². The minimum atomic E-state index is 0.198. The van der Waals surface area contributed by atoms with Crippen LogP contribution in [0.15, 0.2) is 30.6 Å². The van der Waals surface area contributed by atoms with Crippen LogP contribution in [0.2, 0.25) is 0 Å². The predicted molar refractivity (Wildman–Crippen MR) is 106 cm³/mol. The molecule has 3 heterocycles. The second kappa shape index (κ2) is 8.13. The molecule has 2 aliphatic heterocycles. The maximum absolute atomic E-state index is 6.32. The number of fused-ring (bicyclic) bond motifs is 3. The lowest BCUT2D eigenvalue weighted by molar-refractivity contribution is 0.155. The molecule has 4 rings (SSSR count). The number of benzene rings is 1. The third-order valence-corrected chi connectivity index (χ3v) is 5.49. The second-order valence-electron chi connectivity index (χ2n) is 7.42. The van der Waals surface area contributed by atoms with Crippen LogP contribution in [0.1, 0.15) is 43.7 Å².